The maximum absolute atomic E-state index is 7.52. The Labute approximate surface area is 81.6 Å². The van der Waals surface area contributed by atoms with Crippen LogP contribution in [0.15, 0.2) is 0 Å². The summed E-state index contributed by atoms with van der Waals surface area (Å²) in [4.78, 5) is 0. The quantitative estimate of drug-likeness (QED) is 0.525. The van der Waals surface area contributed by atoms with Gasteiger partial charge >= 0.3 is 0 Å². The summed E-state index contributed by atoms with van der Waals surface area (Å²) in [6.45, 7) is 5.44. The minimum Gasteiger partial charge on any atom is -0.0654 e. The fourth-order valence-corrected chi connectivity index (χ4v) is 1.40. The molecule has 0 heteroatoms. The van der Waals surface area contributed by atoms with Gasteiger partial charge in [-0.1, -0.05) is 66.2 Å². The van der Waals surface area contributed by atoms with Crippen LogP contribution in [-0.4, -0.2) is 0 Å². The van der Waals surface area contributed by atoms with Gasteiger partial charge < -0.3 is 0 Å². The van der Waals surface area contributed by atoms with Crippen LogP contribution in [0, 0.1) is 11.8 Å². The topological polar surface area (TPSA) is 0 Å². The first-order chi connectivity index (χ1) is 6.79. The van der Waals surface area contributed by atoms with Gasteiger partial charge in [-0.05, 0) is 11.8 Å². The molecule has 0 radical (unpaired) electrons. The summed E-state index contributed by atoms with van der Waals surface area (Å²) in [5, 5.41) is 0. The van der Waals surface area contributed by atoms with E-state index in [-0.39, 0.29) is 0 Å². The summed E-state index contributed by atoms with van der Waals surface area (Å²) < 4.78 is 15.0. The van der Waals surface area contributed by atoms with Gasteiger partial charge in [0.2, 0.25) is 0 Å². The lowest BCUT2D eigenvalue weighted by Crippen LogP contribution is -2.07. The van der Waals surface area contributed by atoms with Crippen molar-refractivity contribution in [1.82, 2.24) is 0 Å². The molecule has 0 nitrogen and oxygen atoms in total. The van der Waals surface area contributed by atoms with Crippen molar-refractivity contribution in [2.45, 2.75) is 66.2 Å². The second-order valence-electron chi connectivity index (χ2n) is 3.80. The van der Waals surface area contributed by atoms with Crippen molar-refractivity contribution in [3.8, 4) is 0 Å². The molecule has 0 fully saturated rings. The van der Waals surface area contributed by atoms with Crippen molar-refractivity contribution in [1.29, 1.82) is 0 Å². The third-order valence-electron chi connectivity index (χ3n) is 2.52. The summed E-state index contributed by atoms with van der Waals surface area (Å²) in [5.74, 6) is 0.970. The lowest BCUT2D eigenvalue weighted by molar-refractivity contribution is 0.328. The average molecular weight is 172 g/mol. The monoisotopic (exact) mass is 172 g/mol. The van der Waals surface area contributed by atoms with Gasteiger partial charge in [-0.3, -0.25) is 0 Å². The Morgan fingerprint density at radius 1 is 0.917 bits per heavy atom. The zero-order valence-electron chi connectivity index (χ0n) is 10.8. The van der Waals surface area contributed by atoms with Crippen molar-refractivity contribution >= 4 is 0 Å². The Kier molecular flexibility index (Phi) is 5.47. The van der Waals surface area contributed by atoms with Gasteiger partial charge in [0.25, 0.3) is 0 Å². The molecule has 0 saturated carbocycles. The normalized spacial score (nSPS) is 18.2. The van der Waals surface area contributed by atoms with Crippen molar-refractivity contribution in [3.05, 3.63) is 0 Å². The Morgan fingerprint density at radius 2 is 1.33 bits per heavy atom. The van der Waals surface area contributed by atoms with E-state index in [0.29, 0.717) is 25.6 Å². The van der Waals surface area contributed by atoms with Gasteiger partial charge in [0.15, 0.2) is 0 Å². The molecule has 0 aromatic heterocycles. The molecular formula is C12H26. The highest BCUT2D eigenvalue weighted by molar-refractivity contribution is 4.61. The van der Waals surface area contributed by atoms with Crippen LogP contribution >= 0.6 is 0 Å². The lowest BCUT2D eigenvalue weighted by atomic mass is 9.87. The fraction of sp³-hybridized carbons (Fsp3) is 1.00. The van der Waals surface area contributed by atoms with E-state index >= 15 is 0 Å². The fourth-order valence-electron chi connectivity index (χ4n) is 1.40. The van der Waals surface area contributed by atoms with Crippen LogP contribution in [0.2, 0.25) is 0 Å². The van der Waals surface area contributed by atoms with Crippen LogP contribution < -0.4 is 0 Å². The summed E-state index contributed by atoms with van der Waals surface area (Å²) in [6, 6.07) is 0. The predicted molar refractivity (Wildman–Crippen MR) is 57.4 cm³/mol. The second-order valence-corrected chi connectivity index (χ2v) is 3.80. The van der Waals surface area contributed by atoms with Crippen LogP contribution in [0.1, 0.15) is 68.9 Å². The third-order valence-corrected chi connectivity index (χ3v) is 2.52. The molecule has 0 aliphatic heterocycles. The maximum atomic E-state index is 7.52. The van der Waals surface area contributed by atoms with Crippen LogP contribution in [0.3, 0.4) is 0 Å². The maximum Gasteiger partial charge on any atom is 0.0233 e. The molecule has 0 spiro atoms. The second kappa shape index (κ2) is 7.64. The van der Waals surface area contributed by atoms with E-state index in [4.69, 9.17) is 2.74 Å². The first-order valence-electron chi connectivity index (χ1n) is 6.79. The SMILES string of the molecule is [2H]CC(CCCC)C(C[2H])CCCC. The molecular weight excluding hydrogens is 144 g/mol. The van der Waals surface area contributed by atoms with Crippen LogP contribution in [-0.2, 0) is 0 Å². The van der Waals surface area contributed by atoms with Gasteiger partial charge in [0.1, 0.15) is 0 Å². The molecule has 2 atom stereocenters. The van der Waals surface area contributed by atoms with E-state index in [9.17, 15) is 0 Å². The zero-order valence-corrected chi connectivity index (χ0v) is 8.81. The lowest BCUT2D eigenvalue weighted by Gasteiger charge is -2.19. The smallest absolute Gasteiger partial charge is 0.0233 e. The Bertz CT molecular complexity index is 101. The number of hydrogen-bond donors (Lipinski definition) is 0. The highest BCUT2D eigenvalue weighted by atomic mass is 14.2. The van der Waals surface area contributed by atoms with E-state index in [1.807, 2.05) is 0 Å². The molecule has 0 aromatic rings. The van der Waals surface area contributed by atoms with Crippen molar-refractivity contribution in [2.75, 3.05) is 0 Å². The summed E-state index contributed by atoms with van der Waals surface area (Å²) in [6.07, 6.45) is 7.21. The minimum absolute atomic E-state index is 0.485. The molecule has 0 N–H and O–H groups in total. The number of rotatable bonds is 7. The highest BCUT2D eigenvalue weighted by Gasteiger charge is 2.10. The van der Waals surface area contributed by atoms with Crippen LogP contribution in [0.4, 0.5) is 0 Å². The molecule has 0 aliphatic carbocycles. The van der Waals surface area contributed by atoms with E-state index in [2.05, 4.69) is 13.8 Å². The number of unbranched alkanes of at least 4 members (excludes halogenated alkanes) is 2. The molecule has 12 heavy (non-hydrogen) atoms. The first kappa shape index (κ1) is 8.59. The highest BCUT2D eigenvalue weighted by Crippen LogP contribution is 2.22. The van der Waals surface area contributed by atoms with Gasteiger partial charge in [-0.15, -0.1) is 0 Å². The van der Waals surface area contributed by atoms with Gasteiger partial charge in [0.05, 0.1) is 0 Å². The third kappa shape index (κ3) is 5.62. The van der Waals surface area contributed by atoms with Crippen molar-refractivity contribution < 1.29 is 2.74 Å². The molecule has 0 heterocycles. The molecule has 0 aromatic carbocycles. The van der Waals surface area contributed by atoms with Gasteiger partial charge in [0, 0.05) is 2.74 Å². The molecule has 2 unspecified atom stereocenters. The predicted octanol–water partition coefficient (Wildman–Crippen LogP) is 4.64. The average Bonchev–Trinajstić information content (AvgIpc) is 2.23. The summed E-state index contributed by atoms with van der Waals surface area (Å²) >= 11 is 0. The zero-order chi connectivity index (χ0) is 10.8. The summed E-state index contributed by atoms with van der Waals surface area (Å²) in [7, 11) is 0. The van der Waals surface area contributed by atoms with Crippen LogP contribution in [0.5, 0.6) is 0 Å². The molecule has 0 rings (SSSR count). The standard InChI is InChI=1S/C12H26/c1-5-7-9-11(3)12(4)10-8-6-2/h11-12H,5-10H2,1-4H3/i3D,4D. The molecule has 0 aliphatic rings. The van der Waals surface area contributed by atoms with Gasteiger partial charge in [-0.25, -0.2) is 0 Å². The summed E-state index contributed by atoms with van der Waals surface area (Å²) in [5.41, 5.74) is 0. The Hall–Kier alpha value is 0. The Morgan fingerprint density at radius 3 is 1.58 bits per heavy atom. The molecule has 0 saturated heterocycles. The van der Waals surface area contributed by atoms with Crippen LogP contribution in [0.25, 0.3) is 0 Å². The van der Waals surface area contributed by atoms with Crippen molar-refractivity contribution in [3.63, 3.8) is 0 Å². The first-order valence-corrected chi connectivity index (χ1v) is 5.38. The van der Waals surface area contributed by atoms with E-state index < -0.39 is 0 Å². The minimum atomic E-state index is 0.485. The van der Waals surface area contributed by atoms with E-state index in [1.54, 1.807) is 0 Å². The largest absolute Gasteiger partial charge is 0.0654 e. The number of hydrogen-bond acceptors (Lipinski definition) is 0. The molecule has 0 amide bonds. The van der Waals surface area contributed by atoms with Gasteiger partial charge in [-0.2, -0.15) is 0 Å². The van der Waals surface area contributed by atoms with E-state index in [0.717, 1.165) is 12.8 Å². The van der Waals surface area contributed by atoms with E-state index in [1.165, 1.54) is 25.7 Å². The molecule has 0 bridgehead atoms. The molecule has 74 valence electrons. The Balaban J connectivity index is 3.87. The van der Waals surface area contributed by atoms with Crippen molar-refractivity contribution in [2.24, 2.45) is 11.8 Å².